The molecule has 0 aromatic heterocycles. The monoisotopic (exact) mass is 222 g/mol. The van der Waals surface area contributed by atoms with Gasteiger partial charge in [-0.15, -0.1) is 11.6 Å². The molecular formula is C9H15ClO4. The minimum absolute atomic E-state index is 0.0495. The lowest BCUT2D eigenvalue weighted by Crippen LogP contribution is -2.16. The van der Waals surface area contributed by atoms with Gasteiger partial charge >= 0.3 is 0 Å². The van der Waals surface area contributed by atoms with E-state index in [9.17, 15) is 0 Å². The van der Waals surface area contributed by atoms with E-state index >= 15 is 0 Å². The highest BCUT2D eigenvalue weighted by molar-refractivity contribution is 6.18. The molecule has 2 saturated heterocycles. The van der Waals surface area contributed by atoms with Crippen molar-refractivity contribution in [2.24, 2.45) is 0 Å². The maximum absolute atomic E-state index is 5.63. The van der Waals surface area contributed by atoms with Gasteiger partial charge in [0.25, 0.3) is 0 Å². The Labute approximate surface area is 88.4 Å². The molecule has 3 unspecified atom stereocenters. The van der Waals surface area contributed by atoms with Crippen molar-refractivity contribution in [3.05, 3.63) is 0 Å². The predicted octanol–water partition coefficient (Wildman–Crippen LogP) is 0.772. The van der Waals surface area contributed by atoms with Crippen molar-refractivity contribution in [3.8, 4) is 0 Å². The Morgan fingerprint density at radius 2 is 2.00 bits per heavy atom. The quantitative estimate of drug-likeness (QED) is 0.378. The van der Waals surface area contributed by atoms with Crippen LogP contribution in [0.2, 0.25) is 0 Å². The van der Waals surface area contributed by atoms with E-state index in [1.807, 2.05) is 0 Å². The molecule has 2 heterocycles. The van der Waals surface area contributed by atoms with Gasteiger partial charge in [0, 0.05) is 6.42 Å². The highest BCUT2D eigenvalue weighted by Gasteiger charge is 2.26. The predicted molar refractivity (Wildman–Crippen MR) is 50.5 cm³/mol. The summed E-state index contributed by atoms with van der Waals surface area (Å²) in [5.74, 6) is 0.493. The average Bonchev–Trinajstić information content (AvgIpc) is 2.91. The van der Waals surface area contributed by atoms with Crippen molar-refractivity contribution in [2.45, 2.75) is 24.9 Å². The molecule has 2 aliphatic rings. The molecule has 4 nitrogen and oxygen atoms in total. The summed E-state index contributed by atoms with van der Waals surface area (Å²) in [7, 11) is 0. The van der Waals surface area contributed by atoms with Crippen molar-refractivity contribution >= 4 is 11.6 Å². The first-order valence-corrected chi connectivity index (χ1v) is 5.44. The van der Waals surface area contributed by atoms with Crippen LogP contribution in [-0.2, 0) is 18.9 Å². The molecule has 0 aromatic rings. The summed E-state index contributed by atoms with van der Waals surface area (Å²) in [6.07, 6.45) is 1.00. The van der Waals surface area contributed by atoms with Gasteiger partial charge in [-0.05, 0) is 0 Å². The molecule has 0 radical (unpaired) electrons. The molecule has 0 aromatic carbocycles. The third-order valence-corrected chi connectivity index (χ3v) is 2.53. The van der Waals surface area contributed by atoms with Gasteiger partial charge < -0.3 is 18.9 Å². The highest BCUT2D eigenvalue weighted by atomic mass is 35.5. The fraction of sp³-hybridized carbons (Fsp3) is 1.00. The van der Waals surface area contributed by atoms with Gasteiger partial charge in [0.2, 0.25) is 0 Å². The zero-order valence-corrected chi connectivity index (χ0v) is 8.74. The highest BCUT2D eigenvalue weighted by Crippen LogP contribution is 2.16. The summed E-state index contributed by atoms with van der Waals surface area (Å²) in [6, 6.07) is 0. The van der Waals surface area contributed by atoms with Crippen LogP contribution in [-0.4, -0.2) is 50.8 Å². The van der Waals surface area contributed by atoms with Crippen LogP contribution in [0.5, 0.6) is 0 Å². The first kappa shape index (κ1) is 10.6. The number of alkyl halides is 1. The van der Waals surface area contributed by atoms with Crippen LogP contribution in [0.25, 0.3) is 0 Å². The van der Waals surface area contributed by atoms with Crippen LogP contribution in [0.4, 0.5) is 0 Å². The maximum Gasteiger partial charge on any atom is 0.160 e. The number of halogens is 1. The number of hydrogen-bond acceptors (Lipinski definition) is 4. The molecular weight excluding hydrogens is 208 g/mol. The molecule has 2 fully saturated rings. The van der Waals surface area contributed by atoms with Gasteiger partial charge in [-0.25, -0.2) is 0 Å². The van der Waals surface area contributed by atoms with Crippen LogP contribution in [0.3, 0.4) is 0 Å². The van der Waals surface area contributed by atoms with Gasteiger partial charge in [0.1, 0.15) is 6.10 Å². The lowest BCUT2D eigenvalue weighted by Gasteiger charge is -2.09. The van der Waals surface area contributed by atoms with Crippen LogP contribution < -0.4 is 0 Å². The van der Waals surface area contributed by atoms with E-state index in [2.05, 4.69) is 0 Å². The Morgan fingerprint density at radius 3 is 2.64 bits per heavy atom. The SMILES string of the molecule is ClCC1COC(CCOCC2CO2)O1. The lowest BCUT2D eigenvalue weighted by atomic mass is 10.4. The third-order valence-electron chi connectivity index (χ3n) is 2.19. The van der Waals surface area contributed by atoms with Gasteiger partial charge in [0.05, 0.1) is 38.4 Å². The molecule has 0 bridgehead atoms. The molecule has 5 heteroatoms. The van der Waals surface area contributed by atoms with Crippen molar-refractivity contribution in [3.63, 3.8) is 0 Å². The molecule has 82 valence electrons. The van der Waals surface area contributed by atoms with Crippen LogP contribution >= 0.6 is 11.6 Å². The van der Waals surface area contributed by atoms with Crippen LogP contribution in [0.1, 0.15) is 6.42 Å². The number of rotatable bonds is 6. The third kappa shape index (κ3) is 3.37. The topological polar surface area (TPSA) is 40.2 Å². The summed E-state index contributed by atoms with van der Waals surface area (Å²) < 4.78 is 21.2. The first-order valence-electron chi connectivity index (χ1n) is 4.91. The molecule has 3 atom stereocenters. The zero-order valence-electron chi connectivity index (χ0n) is 7.99. The second-order valence-electron chi connectivity index (χ2n) is 3.49. The second kappa shape index (κ2) is 5.28. The largest absolute Gasteiger partial charge is 0.378 e. The molecule has 0 amide bonds. The molecule has 0 aliphatic carbocycles. The number of ether oxygens (including phenoxy) is 4. The van der Waals surface area contributed by atoms with E-state index in [1.54, 1.807) is 0 Å². The second-order valence-corrected chi connectivity index (χ2v) is 3.80. The Hall–Kier alpha value is 0.130. The molecule has 2 aliphatic heterocycles. The van der Waals surface area contributed by atoms with Crippen molar-refractivity contribution < 1.29 is 18.9 Å². The number of epoxide rings is 1. The van der Waals surface area contributed by atoms with E-state index in [4.69, 9.17) is 30.5 Å². The molecule has 0 N–H and O–H groups in total. The van der Waals surface area contributed by atoms with Crippen LogP contribution in [0.15, 0.2) is 0 Å². The van der Waals surface area contributed by atoms with Crippen molar-refractivity contribution in [2.75, 3.05) is 32.3 Å². The summed E-state index contributed by atoms with van der Waals surface area (Å²) in [5, 5.41) is 0. The Kier molecular flexibility index (Phi) is 4.01. The summed E-state index contributed by atoms with van der Waals surface area (Å²) in [5.41, 5.74) is 0. The Morgan fingerprint density at radius 1 is 1.21 bits per heavy atom. The van der Waals surface area contributed by atoms with Gasteiger partial charge in [0.15, 0.2) is 6.29 Å². The van der Waals surface area contributed by atoms with E-state index in [1.165, 1.54) is 0 Å². The Balaban J connectivity index is 1.48. The summed E-state index contributed by atoms with van der Waals surface area (Å²) in [6.45, 7) is 2.77. The maximum atomic E-state index is 5.63. The van der Waals surface area contributed by atoms with Crippen LogP contribution in [0, 0.1) is 0 Å². The Bertz CT molecular complexity index is 174. The smallest absolute Gasteiger partial charge is 0.160 e. The van der Waals surface area contributed by atoms with Crippen molar-refractivity contribution in [1.29, 1.82) is 0 Å². The first-order chi connectivity index (χ1) is 6.88. The fourth-order valence-corrected chi connectivity index (χ4v) is 1.46. The molecule has 0 spiro atoms. The van der Waals surface area contributed by atoms with Gasteiger partial charge in [-0.3, -0.25) is 0 Å². The number of hydrogen-bond donors (Lipinski definition) is 0. The molecule has 2 rings (SSSR count). The standard InChI is InChI=1S/C9H15ClO4/c10-3-7-5-13-9(14-7)1-2-11-4-8-6-12-8/h7-9H,1-6H2. The zero-order chi connectivity index (χ0) is 9.80. The van der Waals surface area contributed by atoms with E-state index < -0.39 is 0 Å². The fourth-order valence-electron chi connectivity index (χ4n) is 1.30. The van der Waals surface area contributed by atoms with E-state index in [0.29, 0.717) is 31.8 Å². The average molecular weight is 223 g/mol. The summed E-state index contributed by atoms with van der Waals surface area (Å²) in [4.78, 5) is 0. The van der Waals surface area contributed by atoms with Crippen molar-refractivity contribution in [1.82, 2.24) is 0 Å². The molecule has 0 saturated carbocycles. The van der Waals surface area contributed by atoms with Gasteiger partial charge in [-0.1, -0.05) is 0 Å². The summed E-state index contributed by atoms with van der Waals surface area (Å²) >= 11 is 5.63. The lowest BCUT2D eigenvalue weighted by molar-refractivity contribution is -0.0727. The minimum Gasteiger partial charge on any atom is -0.378 e. The van der Waals surface area contributed by atoms with E-state index in [-0.39, 0.29) is 12.4 Å². The molecule has 14 heavy (non-hydrogen) atoms. The minimum atomic E-state index is -0.140. The van der Waals surface area contributed by atoms with E-state index in [0.717, 1.165) is 13.0 Å². The van der Waals surface area contributed by atoms with Gasteiger partial charge in [-0.2, -0.15) is 0 Å². The normalized spacial score (nSPS) is 36.2.